The quantitative estimate of drug-likeness (QED) is 0.762. The second-order valence-corrected chi connectivity index (χ2v) is 6.15. The first-order chi connectivity index (χ1) is 9.89. The highest BCUT2D eigenvalue weighted by atomic mass is 79.9. The third kappa shape index (κ3) is 4.74. The van der Waals surface area contributed by atoms with Gasteiger partial charge in [0.25, 0.3) is 5.92 Å². The summed E-state index contributed by atoms with van der Waals surface area (Å²) in [7, 11) is 0. The molecule has 0 aromatic heterocycles. The van der Waals surface area contributed by atoms with Gasteiger partial charge in [-0.25, -0.2) is 13.6 Å². The van der Waals surface area contributed by atoms with E-state index >= 15 is 0 Å². The third-order valence-corrected chi connectivity index (χ3v) is 3.80. The number of hydrogen-bond donors (Lipinski definition) is 0. The van der Waals surface area contributed by atoms with Gasteiger partial charge in [0.15, 0.2) is 0 Å². The number of likely N-dealkylation sites (tertiary alicyclic amines) is 1. The summed E-state index contributed by atoms with van der Waals surface area (Å²) >= 11 is 3.35. The topological polar surface area (TPSA) is 29.5 Å². The highest BCUT2D eigenvalue weighted by Gasteiger charge is 2.34. The van der Waals surface area contributed by atoms with Gasteiger partial charge in [0.1, 0.15) is 0 Å². The predicted molar refractivity (Wildman–Crippen MR) is 79.6 cm³/mol. The summed E-state index contributed by atoms with van der Waals surface area (Å²) in [6.07, 6.45) is 0.446. The summed E-state index contributed by atoms with van der Waals surface area (Å²) in [4.78, 5) is 13.5. The van der Waals surface area contributed by atoms with E-state index < -0.39 is 11.9 Å². The fraction of sp³-hybridized carbons (Fsp3) is 0.533. The van der Waals surface area contributed by atoms with Crippen molar-refractivity contribution < 1.29 is 18.3 Å². The van der Waals surface area contributed by atoms with E-state index in [1.807, 2.05) is 6.07 Å². The highest BCUT2D eigenvalue weighted by molar-refractivity contribution is 9.10. The fourth-order valence-corrected chi connectivity index (χ4v) is 3.05. The van der Waals surface area contributed by atoms with Crippen molar-refractivity contribution in [2.45, 2.75) is 32.2 Å². The van der Waals surface area contributed by atoms with Crippen LogP contribution in [0.4, 0.5) is 8.78 Å². The lowest BCUT2D eigenvalue weighted by molar-refractivity contribution is -0.0661. The molecule has 1 fully saturated rings. The van der Waals surface area contributed by atoms with Crippen molar-refractivity contribution in [2.24, 2.45) is 0 Å². The van der Waals surface area contributed by atoms with Gasteiger partial charge in [0, 0.05) is 17.4 Å². The Bertz CT molecular complexity index is 522. The monoisotopic (exact) mass is 361 g/mol. The fourth-order valence-electron chi connectivity index (χ4n) is 2.51. The number of carbonyl (C=O) groups excluding carboxylic acids is 1. The van der Waals surface area contributed by atoms with Crippen molar-refractivity contribution in [3.63, 3.8) is 0 Å². The van der Waals surface area contributed by atoms with Crippen molar-refractivity contribution >= 4 is 21.9 Å². The average Bonchev–Trinajstić information content (AvgIpc) is 2.37. The third-order valence-electron chi connectivity index (χ3n) is 3.35. The van der Waals surface area contributed by atoms with E-state index in [9.17, 15) is 13.6 Å². The Morgan fingerprint density at radius 3 is 2.86 bits per heavy atom. The van der Waals surface area contributed by atoms with Crippen LogP contribution >= 0.6 is 15.9 Å². The zero-order chi connectivity index (χ0) is 15.5. The van der Waals surface area contributed by atoms with E-state index in [2.05, 4.69) is 15.9 Å². The maximum atomic E-state index is 13.4. The lowest BCUT2D eigenvalue weighted by atomic mass is 10.1. The SMILES string of the molecule is CCOC(=O)c1cc(Br)cc(CN2CCCC(F)(F)C2)c1. The van der Waals surface area contributed by atoms with Crippen LogP contribution in [0.3, 0.4) is 0 Å². The highest BCUT2D eigenvalue weighted by Crippen LogP contribution is 2.28. The maximum absolute atomic E-state index is 13.4. The van der Waals surface area contributed by atoms with Gasteiger partial charge in [-0.05, 0) is 43.7 Å². The Hall–Kier alpha value is -1.01. The maximum Gasteiger partial charge on any atom is 0.338 e. The van der Waals surface area contributed by atoms with Crippen LogP contribution in [-0.4, -0.2) is 36.5 Å². The van der Waals surface area contributed by atoms with Crippen molar-refractivity contribution in [1.82, 2.24) is 4.90 Å². The van der Waals surface area contributed by atoms with Gasteiger partial charge in [0.2, 0.25) is 0 Å². The first kappa shape index (κ1) is 16.4. The summed E-state index contributed by atoms with van der Waals surface area (Å²) in [6, 6.07) is 5.22. The summed E-state index contributed by atoms with van der Waals surface area (Å²) < 4.78 is 32.5. The Balaban J connectivity index is 2.11. The number of piperidine rings is 1. The number of alkyl halides is 2. The van der Waals surface area contributed by atoms with Gasteiger partial charge in [-0.15, -0.1) is 0 Å². The molecule has 1 saturated heterocycles. The largest absolute Gasteiger partial charge is 0.462 e. The molecule has 1 aromatic carbocycles. The molecular weight excluding hydrogens is 344 g/mol. The molecule has 0 spiro atoms. The Kier molecular flexibility index (Phi) is 5.32. The van der Waals surface area contributed by atoms with Crippen LogP contribution in [0, 0.1) is 0 Å². The van der Waals surface area contributed by atoms with Crippen molar-refractivity contribution in [3.05, 3.63) is 33.8 Å². The lowest BCUT2D eigenvalue weighted by Crippen LogP contribution is -2.42. The summed E-state index contributed by atoms with van der Waals surface area (Å²) in [5.74, 6) is -3.02. The van der Waals surface area contributed by atoms with Crippen LogP contribution in [0.15, 0.2) is 22.7 Å². The van der Waals surface area contributed by atoms with Crippen LogP contribution in [0.1, 0.15) is 35.7 Å². The Labute approximate surface area is 131 Å². The molecule has 1 aliphatic heterocycles. The standard InChI is InChI=1S/C15H18BrF2NO2/c1-2-21-14(20)12-6-11(7-13(16)8-12)9-19-5-3-4-15(17,18)10-19/h6-8H,2-5,9-10H2,1H3. The van der Waals surface area contributed by atoms with E-state index in [-0.39, 0.29) is 13.0 Å². The van der Waals surface area contributed by atoms with Gasteiger partial charge in [0.05, 0.1) is 18.7 Å². The lowest BCUT2D eigenvalue weighted by Gasteiger charge is -2.32. The first-order valence-corrected chi connectivity index (χ1v) is 7.76. The molecule has 2 rings (SSSR count). The molecule has 0 radical (unpaired) electrons. The Morgan fingerprint density at radius 2 is 2.19 bits per heavy atom. The van der Waals surface area contributed by atoms with Crippen LogP contribution in [0.25, 0.3) is 0 Å². The molecule has 0 aliphatic carbocycles. The molecule has 0 amide bonds. The number of hydrogen-bond acceptors (Lipinski definition) is 3. The van der Waals surface area contributed by atoms with Crippen LogP contribution in [0.2, 0.25) is 0 Å². The molecule has 0 atom stereocenters. The second-order valence-electron chi connectivity index (χ2n) is 5.24. The number of benzene rings is 1. The molecule has 0 bridgehead atoms. The predicted octanol–water partition coefficient (Wildman–Crippen LogP) is 3.86. The minimum atomic E-state index is -2.62. The molecule has 116 valence electrons. The number of halogens is 3. The molecule has 6 heteroatoms. The van der Waals surface area contributed by atoms with Gasteiger partial charge in [-0.3, -0.25) is 4.90 Å². The van der Waals surface area contributed by atoms with Crippen LogP contribution in [-0.2, 0) is 11.3 Å². The van der Waals surface area contributed by atoms with E-state index in [0.717, 1.165) is 10.0 Å². The molecule has 3 nitrogen and oxygen atoms in total. The van der Waals surface area contributed by atoms with E-state index in [1.54, 1.807) is 24.0 Å². The number of ether oxygens (including phenoxy) is 1. The molecule has 0 unspecified atom stereocenters. The molecule has 1 aromatic rings. The average molecular weight is 362 g/mol. The van der Waals surface area contributed by atoms with E-state index in [0.29, 0.717) is 31.7 Å². The summed E-state index contributed by atoms with van der Waals surface area (Å²) in [6.45, 7) is 2.87. The van der Waals surface area contributed by atoms with Crippen LogP contribution in [0.5, 0.6) is 0 Å². The van der Waals surface area contributed by atoms with Gasteiger partial charge < -0.3 is 4.74 Å². The molecular formula is C15H18BrF2NO2. The molecule has 0 saturated carbocycles. The molecule has 1 heterocycles. The minimum Gasteiger partial charge on any atom is -0.462 e. The minimum absolute atomic E-state index is 0.0456. The summed E-state index contributed by atoms with van der Waals surface area (Å²) in [5.41, 5.74) is 1.26. The van der Waals surface area contributed by atoms with Gasteiger partial charge in [-0.2, -0.15) is 0 Å². The van der Waals surface area contributed by atoms with E-state index in [1.165, 1.54) is 0 Å². The van der Waals surface area contributed by atoms with Gasteiger partial charge in [-0.1, -0.05) is 15.9 Å². The van der Waals surface area contributed by atoms with Crippen LogP contribution < -0.4 is 0 Å². The number of carbonyl (C=O) groups is 1. The molecule has 1 aliphatic rings. The normalized spacial score (nSPS) is 18.5. The Morgan fingerprint density at radius 1 is 1.43 bits per heavy atom. The van der Waals surface area contributed by atoms with E-state index in [4.69, 9.17) is 4.74 Å². The number of nitrogens with zero attached hydrogens (tertiary/aromatic N) is 1. The number of esters is 1. The first-order valence-electron chi connectivity index (χ1n) is 6.96. The number of rotatable bonds is 4. The molecule has 21 heavy (non-hydrogen) atoms. The van der Waals surface area contributed by atoms with Crippen molar-refractivity contribution in [2.75, 3.05) is 19.7 Å². The molecule has 0 N–H and O–H groups in total. The zero-order valence-corrected chi connectivity index (χ0v) is 13.5. The second kappa shape index (κ2) is 6.83. The van der Waals surface area contributed by atoms with Crippen molar-refractivity contribution in [3.8, 4) is 0 Å². The smallest absolute Gasteiger partial charge is 0.338 e. The van der Waals surface area contributed by atoms with Crippen molar-refractivity contribution in [1.29, 1.82) is 0 Å². The summed E-state index contributed by atoms with van der Waals surface area (Å²) in [5, 5.41) is 0. The van der Waals surface area contributed by atoms with Gasteiger partial charge >= 0.3 is 5.97 Å². The zero-order valence-electron chi connectivity index (χ0n) is 11.9.